The summed E-state index contributed by atoms with van der Waals surface area (Å²) < 4.78 is 0. The molecular formula is C10H16S2. The Labute approximate surface area is 84.2 Å². The molecule has 0 unspecified atom stereocenters. The van der Waals surface area contributed by atoms with Gasteiger partial charge in [-0.3, -0.25) is 0 Å². The molecule has 0 saturated carbocycles. The molecule has 12 heavy (non-hydrogen) atoms. The maximum Gasteiger partial charge on any atom is 0.0205 e. The van der Waals surface area contributed by atoms with Crippen LogP contribution < -0.4 is 0 Å². The van der Waals surface area contributed by atoms with Crippen molar-refractivity contribution >= 4 is 23.5 Å². The third kappa shape index (κ3) is 4.07. The third-order valence-electron chi connectivity index (χ3n) is 1.39. The Balaban J connectivity index is 4.47. The van der Waals surface area contributed by atoms with Crippen LogP contribution >= 0.6 is 23.5 Å². The Morgan fingerprint density at radius 3 is 2.42 bits per heavy atom. The van der Waals surface area contributed by atoms with Crippen LogP contribution in [0.1, 0.15) is 19.8 Å². The Morgan fingerprint density at radius 2 is 2.08 bits per heavy atom. The number of hydrogen-bond donors (Lipinski definition) is 0. The van der Waals surface area contributed by atoms with Gasteiger partial charge in [-0.2, -0.15) is 0 Å². The Morgan fingerprint density at radius 1 is 1.42 bits per heavy atom. The smallest absolute Gasteiger partial charge is 0.0205 e. The van der Waals surface area contributed by atoms with Crippen LogP contribution in [0.15, 0.2) is 34.5 Å². The molecule has 0 atom stereocenters. The summed E-state index contributed by atoms with van der Waals surface area (Å²) in [5.41, 5.74) is 0. The molecule has 0 amide bonds. The highest BCUT2D eigenvalue weighted by Gasteiger charge is 2.00. The third-order valence-corrected chi connectivity index (χ3v) is 3.27. The van der Waals surface area contributed by atoms with Crippen LogP contribution in [-0.4, -0.2) is 6.26 Å². The van der Waals surface area contributed by atoms with E-state index in [0.717, 1.165) is 6.42 Å². The van der Waals surface area contributed by atoms with E-state index >= 15 is 0 Å². The first-order chi connectivity index (χ1) is 5.79. The van der Waals surface area contributed by atoms with E-state index < -0.39 is 0 Å². The summed E-state index contributed by atoms with van der Waals surface area (Å²) in [6.07, 6.45) is 6.35. The molecule has 0 aliphatic carbocycles. The molecule has 0 saturated heterocycles. The molecular weight excluding hydrogens is 184 g/mol. The molecule has 0 aromatic rings. The van der Waals surface area contributed by atoms with Crippen LogP contribution in [0.5, 0.6) is 0 Å². The topological polar surface area (TPSA) is 0 Å². The fraction of sp³-hybridized carbons (Fsp3) is 0.400. The van der Waals surface area contributed by atoms with Gasteiger partial charge in [-0.1, -0.05) is 44.3 Å². The van der Waals surface area contributed by atoms with E-state index in [-0.39, 0.29) is 0 Å². The van der Waals surface area contributed by atoms with Gasteiger partial charge in [0.25, 0.3) is 0 Å². The second-order valence-electron chi connectivity index (χ2n) is 2.23. The van der Waals surface area contributed by atoms with E-state index in [4.69, 9.17) is 0 Å². The lowest BCUT2D eigenvalue weighted by Crippen LogP contribution is -1.80. The van der Waals surface area contributed by atoms with E-state index in [0.29, 0.717) is 0 Å². The zero-order valence-corrected chi connectivity index (χ0v) is 9.43. The van der Waals surface area contributed by atoms with Crippen LogP contribution in [0.4, 0.5) is 0 Å². The summed E-state index contributed by atoms with van der Waals surface area (Å²) in [5.74, 6) is 0. The van der Waals surface area contributed by atoms with Gasteiger partial charge in [-0.15, -0.1) is 11.8 Å². The maximum absolute atomic E-state index is 3.79. The van der Waals surface area contributed by atoms with Gasteiger partial charge in [-0.25, -0.2) is 0 Å². The minimum Gasteiger partial charge on any atom is -0.133 e. The molecule has 0 aromatic heterocycles. The van der Waals surface area contributed by atoms with Crippen molar-refractivity contribution in [2.45, 2.75) is 19.8 Å². The molecule has 0 aliphatic heterocycles. The lowest BCUT2D eigenvalue weighted by atomic mass is 10.3. The Bertz CT molecular complexity index is 180. The SMILES string of the molecule is C=CSC(C=C)=C(CCC)SC. The summed E-state index contributed by atoms with van der Waals surface area (Å²) in [7, 11) is 0. The van der Waals surface area contributed by atoms with Crippen molar-refractivity contribution in [1.82, 2.24) is 0 Å². The minimum absolute atomic E-state index is 1.14. The van der Waals surface area contributed by atoms with Crippen LogP contribution in [0, 0.1) is 0 Å². The highest BCUT2D eigenvalue weighted by atomic mass is 32.2. The largest absolute Gasteiger partial charge is 0.133 e. The van der Waals surface area contributed by atoms with Crippen molar-refractivity contribution in [1.29, 1.82) is 0 Å². The van der Waals surface area contributed by atoms with Gasteiger partial charge in [0.15, 0.2) is 0 Å². The average Bonchev–Trinajstić information content (AvgIpc) is 2.11. The van der Waals surface area contributed by atoms with Crippen molar-refractivity contribution in [3.63, 3.8) is 0 Å². The number of hydrogen-bond acceptors (Lipinski definition) is 2. The average molecular weight is 200 g/mol. The Kier molecular flexibility index (Phi) is 7.51. The maximum atomic E-state index is 3.79. The molecule has 0 heterocycles. The second kappa shape index (κ2) is 7.56. The van der Waals surface area contributed by atoms with E-state index in [2.05, 4.69) is 26.3 Å². The van der Waals surface area contributed by atoms with Gasteiger partial charge < -0.3 is 0 Å². The van der Waals surface area contributed by atoms with Gasteiger partial charge in [0.2, 0.25) is 0 Å². The normalized spacial score (nSPS) is 12.2. The molecule has 0 rings (SSSR count). The van der Waals surface area contributed by atoms with E-state index in [1.54, 1.807) is 23.5 Å². The molecule has 0 radical (unpaired) electrons. The highest BCUT2D eigenvalue weighted by molar-refractivity contribution is 8.08. The van der Waals surface area contributed by atoms with Crippen LogP contribution in [0.2, 0.25) is 0 Å². The molecule has 0 fully saturated rings. The predicted octanol–water partition coefficient (Wildman–Crippen LogP) is 4.42. The molecule has 68 valence electrons. The molecule has 0 N–H and O–H groups in total. The van der Waals surface area contributed by atoms with E-state index in [1.807, 2.05) is 11.5 Å². The van der Waals surface area contributed by atoms with Crippen LogP contribution in [0.25, 0.3) is 0 Å². The number of rotatable bonds is 6. The first kappa shape index (κ1) is 11.9. The molecule has 2 heteroatoms. The zero-order valence-electron chi connectivity index (χ0n) is 7.80. The summed E-state index contributed by atoms with van der Waals surface area (Å²) >= 11 is 3.46. The Hall–Kier alpha value is -0.0800. The first-order valence-corrected chi connectivity index (χ1v) is 6.07. The highest BCUT2D eigenvalue weighted by Crippen LogP contribution is 2.30. The number of thioether (sulfide) groups is 2. The fourth-order valence-corrected chi connectivity index (χ4v) is 2.47. The van der Waals surface area contributed by atoms with Crippen molar-refractivity contribution in [3.8, 4) is 0 Å². The second-order valence-corrected chi connectivity index (χ2v) is 4.14. The van der Waals surface area contributed by atoms with Crippen LogP contribution in [-0.2, 0) is 0 Å². The first-order valence-electron chi connectivity index (χ1n) is 3.97. The minimum atomic E-state index is 1.14. The van der Waals surface area contributed by atoms with E-state index in [1.165, 1.54) is 16.2 Å². The molecule has 0 aliphatic rings. The van der Waals surface area contributed by atoms with Gasteiger partial charge in [0.1, 0.15) is 0 Å². The standard InChI is InChI=1S/C10H16S2/c1-5-8-10(11-4)9(6-2)12-7-3/h6-7H,2-3,5,8H2,1,4H3. The van der Waals surface area contributed by atoms with Gasteiger partial charge in [0, 0.05) is 4.91 Å². The van der Waals surface area contributed by atoms with Crippen molar-refractivity contribution in [3.05, 3.63) is 34.5 Å². The van der Waals surface area contributed by atoms with E-state index in [9.17, 15) is 0 Å². The monoisotopic (exact) mass is 200 g/mol. The van der Waals surface area contributed by atoms with Crippen molar-refractivity contribution < 1.29 is 0 Å². The summed E-state index contributed by atoms with van der Waals surface area (Å²) in [6, 6.07) is 0. The lowest BCUT2D eigenvalue weighted by Gasteiger charge is -2.06. The summed E-state index contributed by atoms with van der Waals surface area (Å²) in [4.78, 5) is 2.66. The lowest BCUT2D eigenvalue weighted by molar-refractivity contribution is 0.946. The van der Waals surface area contributed by atoms with Gasteiger partial charge in [0.05, 0.1) is 0 Å². The quantitative estimate of drug-likeness (QED) is 0.582. The fourth-order valence-electron chi connectivity index (χ4n) is 0.870. The molecule has 0 aromatic carbocycles. The van der Waals surface area contributed by atoms with Crippen molar-refractivity contribution in [2.24, 2.45) is 0 Å². The van der Waals surface area contributed by atoms with Gasteiger partial charge in [-0.05, 0) is 23.0 Å². The summed E-state index contributed by atoms with van der Waals surface area (Å²) in [5, 5.41) is 1.85. The van der Waals surface area contributed by atoms with Crippen LogP contribution in [0.3, 0.4) is 0 Å². The summed E-state index contributed by atoms with van der Waals surface area (Å²) in [6.45, 7) is 9.68. The van der Waals surface area contributed by atoms with Crippen molar-refractivity contribution in [2.75, 3.05) is 6.26 Å². The number of allylic oxidation sites excluding steroid dienone is 2. The molecule has 0 nitrogen and oxygen atoms in total. The molecule has 0 bridgehead atoms. The van der Waals surface area contributed by atoms with Gasteiger partial charge >= 0.3 is 0 Å². The predicted molar refractivity (Wildman–Crippen MR) is 63.4 cm³/mol. The zero-order chi connectivity index (χ0) is 9.40. The molecule has 0 spiro atoms.